The largest absolute Gasteiger partial charge is 0.347 e. The van der Waals surface area contributed by atoms with Gasteiger partial charge in [0.1, 0.15) is 0 Å². The third-order valence-electron chi connectivity index (χ3n) is 4.13. The number of para-hydroxylation sites is 1. The Kier molecular flexibility index (Phi) is 4.65. The molecular formula is C17H26N2. The van der Waals surface area contributed by atoms with Gasteiger partial charge in [0, 0.05) is 18.1 Å². The van der Waals surface area contributed by atoms with Gasteiger partial charge >= 0.3 is 0 Å². The number of nitrogens with one attached hydrogen (secondary N) is 1. The molecule has 0 radical (unpaired) electrons. The number of aryl methyl sites for hydroxylation is 3. The average molecular weight is 258 g/mol. The van der Waals surface area contributed by atoms with Crippen molar-refractivity contribution in [3.05, 3.63) is 35.0 Å². The van der Waals surface area contributed by atoms with Crippen LogP contribution in [-0.4, -0.2) is 17.7 Å². The SMILES string of the molecule is CCNCCCc1c(C)n(C)c2c(CC)cccc12. The maximum atomic E-state index is 3.41. The standard InChI is InChI=1S/C17H26N2/c1-5-14-9-7-10-16-15(11-8-12-18-6-2)13(3)19(4)17(14)16/h7,9-10,18H,5-6,8,11-12H2,1-4H3. The van der Waals surface area contributed by atoms with Crippen molar-refractivity contribution in [3.8, 4) is 0 Å². The van der Waals surface area contributed by atoms with Gasteiger partial charge in [0.15, 0.2) is 0 Å². The third-order valence-corrected chi connectivity index (χ3v) is 4.13. The summed E-state index contributed by atoms with van der Waals surface area (Å²) >= 11 is 0. The molecule has 0 saturated heterocycles. The molecule has 0 aliphatic rings. The first kappa shape index (κ1) is 14.1. The maximum Gasteiger partial charge on any atom is 0.0515 e. The quantitative estimate of drug-likeness (QED) is 0.784. The lowest BCUT2D eigenvalue weighted by atomic mass is 10.0. The van der Waals surface area contributed by atoms with Crippen LogP contribution in [0.2, 0.25) is 0 Å². The zero-order chi connectivity index (χ0) is 13.8. The Hall–Kier alpha value is -1.28. The molecule has 1 aromatic carbocycles. The highest BCUT2D eigenvalue weighted by Crippen LogP contribution is 2.28. The van der Waals surface area contributed by atoms with Gasteiger partial charge in [-0.3, -0.25) is 0 Å². The summed E-state index contributed by atoms with van der Waals surface area (Å²) in [6, 6.07) is 6.74. The first-order valence-corrected chi connectivity index (χ1v) is 7.47. The highest BCUT2D eigenvalue weighted by molar-refractivity contribution is 5.88. The zero-order valence-corrected chi connectivity index (χ0v) is 12.7. The Labute approximate surface area is 116 Å². The summed E-state index contributed by atoms with van der Waals surface area (Å²) < 4.78 is 2.37. The van der Waals surface area contributed by atoms with Crippen LogP contribution in [0.3, 0.4) is 0 Å². The van der Waals surface area contributed by atoms with E-state index in [1.807, 2.05) is 0 Å². The molecule has 1 aromatic heterocycles. The van der Waals surface area contributed by atoms with Gasteiger partial charge in [-0.2, -0.15) is 0 Å². The van der Waals surface area contributed by atoms with Crippen molar-refractivity contribution in [2.45, 2.75) is 40.0 Å². The van der Waals surface area contributed by atoms with E-state index in [9.17, 15) is 0 Å². The van der Waals surface area contributed by atoms with Gasteiger partial charge in [-0.05, 0) is 50.4 Å². The van der Waals surface area contributed by atoms with E-state index in [-0.39, 0.29) is 0 Å². The minimum absolute atomic E-state index is 1.06. The molecule has 104 valence electrons. The van der Waals surface area contributed by atoms with Crippen molar-refractivity contribution in [2.75, 3.05) is 13.1 Å². The molecule has 0 spiro atoms. The Balaban J connectivity index is 2.36. The van der Waals surface area contributed by atoms with Gasteiger partial charge in [-0.1, -0.05) is 32.0 Å². The molecule has 19 heavy (non-hydrogen) atoms. The molecule has 0 atom stereocenters. The minimum atomic E-state index is 1.06. The monoisotopic (exact) mass is 258 g/mol. The number of hydrogen-bond acceptors (Lipinski definition) is 1. The van der Waals surface area contributed by atoms with Crippen LogP contribution in [0.5, 0.6) is 0 Å². The Morgan fingerprint density at radius 1 is 1.21 bits per heavy atom. The predicted octanol–water partition coefficient (Wildman–Crippen LogP) is 3.59. The lowest BCUT2D eigenvalue weighted by Crippen LogP contribution is -2.14. The van der Waals surface area contributed by atoms with E-state index in [2.05, 4.69) is 55.9 Å². The van der Waals surface area contributed by atoms with Gasteiger partial charge in [0.2, 0.25) is 0 Å². The molecule has 0 aliphatic heterocycles. The predicted molar refractivity (Wildman–Crippen MR) is 83.9 cm³/mol. The topological polar surface area (TPSA) is 17.0 Å². The average Bonchev–Trinajstić information content (AvgIpc) is 2.68. The highest BCUT2D eigenvalue weighted by atomic mass is 14.9. The van der Waals surface area contributed by atoms with E-state index in [4.69, 9.17) is 0 Å². The minimum Gasteiger partial charge on any atom is -0.347 e. The number of rotatable bonds is 6. The number of aromatic nitrogens is 1. The van der Waals surface area contributed by atoms with E-state index in [0.29, 0.717) is 0 Å². The van der Waals surface area contributed by atoms with Crippen LogP contribution >= 0.6 is 0 Å². The van der Waals surface area contributed by atoms with Crippen LogP contribution in [0.25, 0.3) is 10.9 Å². The molecule has 2 nitrogen and oxygen atoms in total. The van der Waals surface area contributed by atoms with Crippen LogP contribution in [0.15, 0.2) is 18.2 Å². The van der Waals surface area contributed by atoms with Gasteiger partial charge in [-0.25, -0.2) is 0 Å². The second kappa shape index (κ2) is 6.25. The molecule has 0 aliphatic carbocycles. The Morgan fingerprint density at radius 3 is 2.68 bits per heavy atom. The van der Waals surface area contributed by atoms with Gasteiger partial charge in [0.25, 0.3) is 0 Å². The molecule has 0 fully saturated rings. The smallest absolute Gasteiger partial charge is 0.0515 e. The summed E-state index contributed by atoms with van der Waals surface area (Å²) in [5.74, 6) is 0. The molecule has 2 aromatic rings. The normalized spacial score (nSPS) is 11.4. The maximum absolute atomic E-state index is 3.41. The van der Waals surface area contributed by atoms with Gasteiger partial charge < -0.3 is 9.88 Å². The molecule has 1 heterocycles. The van der Waals surface area contributed by atoms with E-state index >= 15 is 0 Å². The van der Waals surface area contributed by atoms with Crippen LogP contribution in [0.4, 0.5) is 0 Å². The van der Waals surface area contributed by atoms with Crippen molar-refractivity contribution in [3.63, 3.8) is 0 Å². The van der Waals surface area contributed by atoms with Crippen LogP contribution in [-0.2, 0) is 19.9 Å². The third kappa shape index (κ3) is 2.69. The second-order valence-corrected chi connectivity index (χ2v) is 5.25. The Morgan fingerprint density at radius 2 is 2.00 bits per heavy atom. The first-order chi connectivity index (χ1) is 9.20. The lowest BCUT2D eigenvalue weighted by Gasteiger charge is -2.03. The van der Waals surface area contributed by atoms with Crippen molar-refractivity contribution in [1.82, 2.24) is 9.88 Å². The first-order valence-electron chi connectivity index (χ1n) is 7.47. The zero-order valence-electron chi connectivity index (χ0n) is 12.7. The van der Waals surface area contributed by atoms with Crippen LogP contribution in [0, 0.1) is 6.92 Å². The fourth-order valence-electron chi connectivity index (χ4n) is 2.96. The van der Waals surface area contributed by atoms with Crippen molar-refractivity contribution in [1.29, 1.82) is 0 Å². The fraction of sp³-hybridized carbons (Fsp3) is 0.529. The Bertz CT molecular complexity index is 552. The molecule has 0 unspecified atom stereocenters. The van der Waals surface area contributed by atoms with E-state index < -0.39 is 0 Å². The fourth-order valence-corrected chi connectivity index (χ4v) is 2.96. The lowest BCUT2D eigenvalue weighted by molar-refractivity contribution is 0.671. The molecule has 0 saturated carbocycles. The van der Waals surface area contributed by atoms with Gasteiger partial charge in [0.05, 0.1) is 5.52 Å². The summed E-state index contributed by atoms with van der Waals surface area (Å²) in [5, 5.41) is 4.86. The van der Waals surface area contributed by atoms with Crippen molar-refractivity contribution >= 4 is 10.9 Å². The second-order valence-electron chi connectivity index (χ2n) is 5.25. The van der Waals surface area contributed by atoms with Crippen molar-refractivity contribution < 1.29 is 0 Å². The summed E-state index contributed by atoms with van der Waals surface area (Å²) in [4.78, 5) is 0. The van der Waals surface area contributed by atoms with E-state index in [1.165, 1.54) is 40.6 Å². The number of hydrogen-bond donors (Lipinski definition) is 1. The summed E-state index contributed by atoms with van der Waals surface area (Å²) in [5.41, 5.74) is 5.85. The molecular weight excluding hydrogens is 232 g/mol. The molecule has 0 bridgehead atoms. The summed E-state index contributed by atoms with van der Waals surface area (Å²) in [7, 11) is 2.20. The van der Waals surface area contributed by atoms with Crippen LogP contribution < -0.4 is 5.32 Å². The molecule has 1 N–H and O–H groups in total. The molecule has 0 amide bonds. The summed E-state index contributed by atoms with van der Waals surface area (Å²) in [6.45, 7) is 8.83. The molecule has 2 heteroatoms. The number of fused-ring (bicyclic) bond motifs is 1. The van der Waals surface area contributed by atoms with Crippen molar-refractivity contribution in [2.24, 2.45) is 7.05 Å². The van der Waals surface area contributed by atoms with Gasteiger partial charge in [-0.15, -0.1) is 0 Å². The number of benzene rings is 1. The van der Waals surface area contributed by atoms with Crippen LogP contribution in [0.1, 0.15) is 37.1 Å². The number of nitrogens with zero attached hydrogens (tertiary/aromatic N) is 1. The highest BCUT2D eigenvalue weighted by Gasteiger charge is 2.13. The molecule has 2 rings (SSSR count). The van der Waals surface area contributed by atoms with E-state index in [0.717, 1.165) is 19.5 Å². The van der Waals surface area contributed by atoms with E-state index in [1.54, 1.807) is 0 Å². The summed E-state index contributed by atoms with van der Waals surface area (Å²) in [6.07, 6.45) is 3.49.